The molecular weight excluding hydrogens is 258 g/mol. The fourth-order valence-corrected chi connectivity index (χ4v) is 1.73. The summed E-state index contributed by atoms with van der Waals surface area (Å²) in [5.74, 6) is 0.282. The molecule has 2 N–H and O–H groups in total. The van der Waals surface area contributed by atoms with Gasteiger partial charge in [0.05, 0.1) is 0 Å². The highest BCUT2D eigenvalue weighted by Crippen LogP contribution is 2.11. The molecule has 1 amide bonds. The zero-order valence-corrected chi connectivity index (χ0v) is 11.2. The third kappa shape index (κ3) is 3.86. The van der Waals surface area contributed by atoms with E-state index in [1.54, 1.807) is 0 Å². The molecule has 20 heavy (non-hydrogen) atoms. The van der Waals surface area contributed by atoms with Crippen molar-refractivity contribution < 1.29 is 9.90 Å². The normalized spacial score (nSPS) is 12.1. The summed E-state index contributed by atoms with van der Waals surface area (Å²) >= 11 is 0. The predicted octanol–water partition coefficient (Wildman–Crippen LogP) is 0.227. The van der Waals surface area contributed by atoms with Crippen LogP contribution in [0.5, 0.6) is 0 Å². The second-order valence-electron chi connectivity index (χ2n) is 4.49. The smallest absolute Gasteiger partial charge is 0.243 e. The molecule has 0 spiro atoms. The Bertz CT molecular complexity index is 555. The van der Waals surface area contributed by atoms with Crippen LogP contribution in [0, 0.1) is 0 Å². The molecule has 1 atom stereocenters. The van der Waals surface area contributed by atoms with Crippen LogP contribution in [-0.4, -0.2) is 43.9 Å². The minimum atomic E-state index is -0.206. The lowest BCUT2D eigenvalue weighted by Gasteiger charge is -2.11. The molecule has 0 saturated heterocycles. The van der Waals surface area contributed by atoms with E-state index in [4.69, 9.17) is 5.11 Å². The van der Waals surface area contributed by atoms with Crippen LogP contribution in [0.1, 0.15) is 13.3 Å². The summed E-state index contributed by atoms with van der Waals surface area (Å²) in [5.41, 5.74) is 0.854. The van der Waals surface area contributed by atoms with Crippen molar-refractivity contribution >= 4 is 5.91 Å². The van der Waals surface area contributed by atoms with Crippen molar-refractivity contribution in [1.82, 2.24) is 25.5 Å². The maximum absolute atomic E-state index is 11.7. The number of hydrogen-bond acceptors (Lipinski definition) is 5. The fourth-order valence-electron chi connectivity index (χ4n) is 1.73. The van der Waals surface area contributed by atoms with Gasteiger partial charge in [-0.3, -0.25) is 4.79 Å². The number of amides is 1. The molecule has 0 aliphatic rings. The SMILES string of the molecule is C[C@H](CCO)NC(=O)Cn1nnc(-c2ccccc2)n1. The van der Waals surface area contributed by atoms with E-state index in [9.17, 15) is 4.79 Å². The van der Waals surface area contributed by atoms with Gasteiger partial charge >= 0.3 is 0 Å². The molecule has 2 rings (SSSR count). The zero-order valence-electron chi connectivity index (χ0n) is 11.2. The van der Waals surface area contributed by atoms with Crippen LogP contribution in [0.4, 0.5) is 0 Å². The molecule has 1 aromatic carbocycles. The van der Waals surface area contributed by atoms with Gasteiger partial charge in [-0.1, -0.05) is 30.3 Å². The molecule has 0 radical (unpaired) electrons. The van der Waals surface area contributed by atoms with Crippen molar-refractivity contribution in [3.8, 4) is 11.4 Å². The molecule has 0 saturated carbocycles. The van der Waals surface area contributed by atoms with E-state index in [0.29, 0.717) is 12.2 Å². The van der Waals surface area contributed by atoms with Crippen molar-refractivity contribution in [3.05, 3.63) is 30.3 Å². The van der Waals surface area contributed by atoms with E-state index in [-0.39, 0.29) is 25.1 Å². The molecule has 0 unspecified atom stereocenters. The average molecular weight is 275 g/mol. The lowest BCUT2D eigenvalue weighted by Crippen LogP contribution is -2.36. The van der Waals surface area contributed by atoms with Gasteiger partial charge in [-0.15, -0.1) is 10.2 Å². The van der Waals surface area contributed by atoms with Gasteiger partial charge in [0.1, 0.15) is 6.54 Å². The Hall–Kier alpha value is -2.28. The first-order valence-electron chi connectivity index (χ1n) is 6.42. The van der Waals surface area contributed by atoms with Crippen LogP contribution in [0.2, 0.25) is 0 Å². The third-order valence-electron chi connectivity index (χ3n) is 2.74. The molecule has 0 fully saturated rings. The van der Waals surface area contributed by atoms with Gasteiger partial charge in [0.25, 0.3) is 0 Å². The van der Waals surface area contributed by atoms with Gasteiger partial charge in [0, 0.05) is 18.2 Å². The number of tetrazole rings is 1. The number of hydrogen-bond donors (Lipinski definition) is 2. The van der Waals surface area contributed by atoms with Gasteiger partial charge in [-0.2, -0.15) is 4.80 Å². The summed E-state index contributed by atoms with van der Waals surface area (Å²) in [6.45, 7) is 1.88. The van der Waals surface area contributed by atoms with E-state index in [2.05, 4.69) is 20.7 Å². The van der Waals surface area contributed by atoms with Gasteiger partial charge in [-0.25, -0.2) is 0 Å². The van der Waals surface area contributed by atoms with Gasteiger partial charge < -0.3 is 10.4 Å². The molecule has 7 nitrogen and oxygen atoms in total. The van der Waals surface area contributed by atoms with Crippen LogP contribution in [0.15, 0.2) is 30.3 Å². The number of aliphatic hydroxyl groups is 1. The molecule has 0 aliphatic carbocycles. The summed E-state index contributed by atoms with van der Waals surface area (Å²) in [5, 5.41) is 23.5. The standard InChI is InChI=1S/C13H17N5O2/c1-10(7-8-19)14-12(20)9-18-16-13(15-17-18)11-5-3-2-4-6-11/h2-6,10,19H,7-9H2,1H3,(H,14,20)/t10-/m1/s1. The predicted molar refractivity (Wildman–Crippen MR) is 72.6 cm³/mol. The van der Waals surface area contributed by atoms with Crippen molar-refractivity contribution in [3.63, 3.8) is 0 Å². The first kappa shape index (κ1) is 14.1. The Labute approximate surface area is 116 Å². The molecule has 7 heteroatoms. The second kappa shape index (κ2) is 6.76. The highest BCUT2D eigenvalue weighted by molar-refractivity contribution is 5.75. The van der Waals surface area contributed by atoms with Gasteiger partial charge in [0.2, 0.25) is 11.7 Å². The van der Waals surface area contributed by atoms with Crippen molar-refractivity contribution in [2.75, 3.05) is 6.61 Å². The minimum Gasteiger partial charge on any atom is -0.396 e. The van der Waals surface area contributed by atoms with E-state index in [1.165, 1.54) is 4.80 Å². The third-order valence-corrected chi connectivity index (χ3v) is 2.74. The first-order chi connectivity index (χ1) is 9.69. The van der Waals surface area contributed by atoms with E-state index >= 15 is 0 Å². The minimum absolute atomic E-state index is 0.00953. The Kier molecular flexibility index (Phi) is 4.78. The number of nitrogens with zero attached hydrogens (tertiary/aromatic N) is 4. The molecule has 0 bridgehead atoms. The van der Waals surface area contributed by atoms with E-state index < -0.39 is 0 Å². The summed E-state index contributed by atoms with van der Waals surface area (Å²) < 4.78 is 0. The maximum Gasteiger partial charge on any atom is 0.243 e. The van der Waals surface area contributed by atoms with Gasteiger partial charge in [0.15, 0.2) is 0 Å². The number of aliphatic hydroxyl groups excluding tert-OH is 1. The summed E-state index contributed by atoms with van der Waals surface area (Å²) in [4.78, 5) is 13.0. The molecular formula is C13H17N5O2. The zero-order chi connectivity index (χ0) is 14.4. The number of benzene rings is 1. The van der Waals surface area contributed by atoms with Crippen LogP contribution in [-0.2, 0) is 11.3 Å². The summed E-state index contributed by atoms with van der Waals surface area (Å²) in [6, 6.07) is 9.36. The lowest BCUT2D eigenvalue weighted by molar-refractivity contribution is -0.122. The molecule has 1 heterocycles. The monoisotopic (exact) mass is 275 g/mol. The fraction of sp³-hybridized carbons (Fsp3) is 0.385. The molecule has 0 aliphatic heterocycles. The van der Waals surface area contributed by atoms with Crippen LogP contribution in [0.25, 0.3) is 11.4 Å². The van der Waals surface area contributed by atoms with E-state index in [1.807, 2.05) is 37.3 Å². The van der Waals surface area contributed by atoms with Crippen molar-refractivity contribution in [2.45, 2.75) is 25.9 Å². The van der Waals surface area contributed by atoms with Crippen LogP contribution in [0.3, 0.4) is 0 Å². The Balaban J connectivity index is 1.95. The number of rotatable bonds is 6. The van der Waals surface area contributed by atoms with Crippen molar-refractivity contribution in [1.29, 1.82) is 0 Å². The molecule has 106 valence electrons. The van der Waals surface area contributed by atoms with Crippen LogP contribution < -0.4 is 5.32 Å². The second-order valence-corrected chi connectivity index (χ2v) is 4.49. The topological polar surface area (TPSA) is 92.9 Å². The number of carbonyl (C=O) groups excluding carboxylic acids is 1. The summed E-state index contributed by atoms with van der Waals surface area (Å²) in [6.07, 6.45) is 0.520. The molecule has 2 aromatic rings. The Morgan fingerprint density at radius 3 is 2.85 bits per heavy atom. The highest BCUT2D eigenvalue weighted by Gasteiger charge is 2.11. The quantitative estimate of drug-likeness (QED) is 0.787. The number of aromatic nitrogens is 4. The summed E-state index contributed by atoms with van der Waals surface area (Å²) in [7, 11) is 0. The Morgan fingerprint density at radius 1 is 1.40 bits per heavy atom. The first-order valence-corrected chi connectivity index (χ1v) is 6.42. The van der Waals surface area contributed by atoms with E-state index in [0.717, 1.165) is 5.56 Å². The van der Waals surface area contributed by atoms with Crippen molar-refractivity contribution in [2.24, 2.45) is 0 Å². The number of nitrogens with one attached hydrogen (secondary N) is 1. The van der Waals surface area contributed by atoms with Gasteiger partial charge in [-0.05, 0) is 18.6 Å². The van der Waals surface area contributed by atoms with Crippen LogP contribution >= 0.6 is 0 Å². The number of carbonyl (C=O) groups is 1. The lowest BCUT2D eigenvalue weighted by atomic mass is 10.2. The Morgan fingerprint density at radius 2 is 2.15 bits per heavy atom. The maximum atomic E-state index is 11.7. The molecule has 1 aromatic heterocycles. The highest BCUT2D eigenvalue weighted by atomic mass is 16.3. The average Bonchev–Trinajstić information content (AvgIpc) is 2.88. The largest absolute Gasteiger partial charge is 0.396 e.